The van der Waals surface area contributed by atoms with Crippen molar-refractivity contribution in [3.05, 3.63) is 85.6 Å². The third kappa shape index (κ3) is 7.05. The number of hydrogen-bond acceptors (Lipinski definition) is 6. The fourth-order valence-corrected chi connectivity index (χ4v) is 4.46. The predicted molar refractivity (Wildman–Crippen MR) is 144 cm³/mol. The number of ether oxygens (including phenoxy) is 2. The van der Waals surface area contributed by atoms with E-state index < -0.39 is 17.6 Å². The number of benzene rings is 1. The van der Waals surface area contributed by atoms with Crippen molar-refractivity contribution >= 4 is 22.8 Å². The summed E-state index contributed by atoms with van der Waals surface area (Å²) in [6.45, 7) is 0.197. The number of nitrogens with zero attached hydrogens (tertiary/aromatic N) is 4. The predicted octanol–water partition coefficient (Wildman–Crippen LogP) is 4.20. The molecule has 3 aromatic rings. The minimum Gasteiger partial charge on any atom is -0.465 e. The number of allylic oxidation sites excluding steroid dienone is 6. The first-order valence-corrected chi connectivity index (χ1v) is 13.0. The van der Waals surface area contributed by atoms with Gasteiger partial charge in [0.2, 0.25) is 0 Å². The Hall–Kier alpha value is -3.77. The molecule has 0 spiro atoms. The summed E-state index contributed by atoms with van der Waals surface area (Å²) in [5.74, 6) is -0.301. The number of aliphatic hydroxyl groups is 1. The van der Waals surface area contributed by atoms with Gasteiger partial charge in [-0.3, -0.25) is 18.5 Å². The molecule has 0 saturated heterocycles. The second-order valence-corrected chi connectivity index (χ2v) is 9.62. The zero-order valence-corrected chi connectivity index (χ0v) is 22.4. The lowest BCUT2D eigenvalue weighted by Gasteiger charge is -2.12. The summed E-state index contributed by atoms with van der Waals surface area (Å²) in [6, 6.07) is 5.83. The first-order chi connectivity index (χ1) is 19.1. The van der Waals surface area contributed by atoms with Gasteiger partial charge in [0.1, 0.15) is 5.75 Å². The van der Waals surface area contributed by atoms with Gasteiger partial charge in [0.25, 0.3) is 11.6 Å². The van der Waals surface area contributed by atoms with Crippen LogP contribution in [0, 0.1) is 0 Å². The van der Waals surface area contributed by atoms with Crippen LogP contribution in [0.5, 0.6) is 11.8 Å². The highest BCUT2D eigenvalue weighted by molar-refractivity contribution is 6.29. The minimum atomic E-state index is -4.78. The first kappa shape index (κ1) is 29.2. The number of aryl methyl sites for hydroxylation is 2. The van der Waals surface area contributed by atoms with Crippen molar-refractivity contribution < 1.29 is 27.8 Å². The van der Waals surface area contributed by atoms with Crippen LogP contribution >= 0.6 is 11.6 Å². The standard InChI is InChI=1S/C27H28ClF3N4O5/c1-33-23-22(24(37)34(26(33)38)13-5-14-36)35(17-19-7-2-9-20(28)12-11-19)25(32-23)39-15-4-8-18-6-3-10-21(16-18)40-27(29,30)31/h2-3,6-7,10-12,16,36H,4-5,8-9,13-15,17H2,1H3. The van der Waals surface area contributed by atoms with Gasteiger partial charge < -0.3 is 14.6 Å². The van der Waals surface area contributed by atoms with E-state index in [4.69, 9.17) is 16.3 Å². The number of fused-ring (bicyclic) bond motifs is 1. The lowest BCUT2D eigenvalue weighted by atomic mass is 10.1. The molecule has 1 aliphatic rings. The number of rotatable bonds is 11. The topological polar surface area (TPSA) is 101 Å². The van der Waals surface area contributed by atoms with Crippen molar-refractivity contribution in [3.63, 3.8) is 0 Å². The molecule has 0 radical (unpaired) electrons. The van der Waals surface area contributed by atoms with Crippen LogP contribution in [-0.4, -0.2) is 43.4 Å². The van der Waals surface area contributed by atoms with Crippen LogP contribution in [0.3, 0.4) is 0 Å². The molecule has 214 valence electrons. The van der Waals surface area contributed by atoms with E-state index in [1.165, 1.54) is 29.8 Å². The highest BCUT2D eigenvalue weighted by atomic mass is 35.5. The molecule has 0 fully saturated rings. The molecule has 0 saturated carbocycles. The molecule has 0 unspecified atom stereocenters. The molecule has 1 aliphatic carbocycles. The van der Waals surface area contributed by atoms with E-state index in [1.807, 2.05) is 18.2 Å². The Morgan fingerprint density at radius 3 is 2.70 bits per heavy atom. The quantitative estimate of drug-likeness (QED) is 0.341. The summed E-state index contributed by atoms with van der Waals surface area (Å²) in [5.41, 5.74) is 0.644. The lowest BCUT2D eigenvalue weighted by Crippen LogP contribution is -2.39. The van der Waals surface area contributed by atoms with Crippen LogP contribution in [0.2, 0.25) is 0 Å². The molecule has 1 N–H and O–H groups in total. The van der Waals surface area contributed by atoms with Gasteiger partial charge in [0.15, 0.2) is 11.2 Å². The summed E-state index contributed by atoms with van der Waals surface area (Å²) in [5, 5.41) is 9.88. The van der Waals surface area contributed by atoms with E-state index in [0.29, 0.717) is 29.9 Å². The van der Waals surface area contributed by atoms with E-state index in [9.17, 15) is 27.9 Å². The van der Waals surface area contributed by atoms with E-state index in [-0.39, 0.29) is 55.6 Å². The van der Waals surface area contributed by atoms with Crippen molar-refractivity contribution in [2.24, 2.45) is 7.05 Å². The molecule has 40 heavy (non-hydrogen) atoms. The fourth-order valence-electron chi connectivity index (χ4n) is 4.30. The molecule has 1 aromatic carbocycles. The Balaban J connectivity index is 1.62. The van der Waals surface area contributed by atoms with Gasteiger partial charge in [0.05, 0.1) is 13.2 Å². The van der Waals surface area contributed by atoms with Gasteiger partial charge >= 0.3 is 12.1 Å². The zero-order valence-electron chi connectivity index (χ0n) is 21.7. The normalized spacial score (nSPS) is 13.8. The maximum atomic E-state index is 13.4. The average molecular weight is 581 g/mol. The van der Waals surface area contributed by atoms with Crippen molar-refractivity contribution in [1.29, 1.82) is 0 Å². The highest BCUT2D eigenvalue weighted by Gasteiger charge is 2.31. The summed E-state index contributed by atoms with van der Waals surface area (Å²) in [7, 11) is 1.50. The third-order valence-electron chi connectivity index (χ3n) is 6.17. The van der Waals surface area contributed by atoms with Crippen LogP contribution in [-0.2, 0) is 26.6 Å². The molecule has 13 heteroatoms. The summed E-state index contributed by atoms with van der Waals surface area (Å²) < 4.78 is 51.5. The molecule has 2 aromatic heterocycles. The van der Waals surface area contributed by atoms with Crippen LogP contribution in [0.15, 0.2) is 68.8 Å². The number of imidazole rings is 1. The highest BCUT2D eigenvalue weighted by Crippen LogP contribution is 2.25. The molecular formula is C27H28ClF3N4O5. The van der Waals surface area contributed by atoms with Gasteiger partial charge in [-0.2, -0.15) is 4.98 Å². The Kier molecular flexibility index (Phi) is 9.21. The number of hydrogen-bond donors (Lipinski definition) is 1. The molecule has 2 heterocycles. The SMILES string of the molecule is Cn1c(=O)n(CCCO)c(=O)c2c1nc(OCCCc1cccc(OC(F)(F)F)c1)n2CC1=CC=C(Cl)CC=C1. The smallest absolute Gasteiger partial charge is 0.465 e. The van der Waals surface area contributed by atoms with Gasteiger partial charge in [-0.05, 0) is 48.6 Å². The van der Waals surface area contributed by atoms with Crippen LogP contribution in [0.1, 0.15) is 24.8 Å². The Labute approximate surface area is 232 Å². The maximum absolute atomic E-state index is 13.4. The van der Waals surface area contributed by atoms with Crippen molar-refractivity contribution in [3.8, 4) is 11.8 Å². The molecule has 9 nitrogen and oxygen atoms in total. The summed E-state index contributed by atoms with van der Waals surface area (Å²) in [6.07, 6.45) is 4.20. The Morgan fingerprint density at radius 2 is 1.95 bits per heavy atom. The molecule has 0 atom stereocenters. The second-order valence-electron chi connectivity index (χ2n) is 9.14. The van der Waals surface area contributed by atoms with E-state index in [0.717, 1.165) is 10.1 Å². The van der Waals surface area contributed by atoms with Crippen molar-refractivity contribution in [2.45, 2.75) is 45.1 Å². The molecule has 0 aliphatic heterocycles. The lowest BCUT2D eigenvalue weighted by molar-refractivity contribution is -0.274. The number of alkyl halides is 3. The van der Waals surface area contributed by atoms with Gasteiger partial charge in [-0.25, -0.2) is 4.79 Å². The Morgan fingerprint density at radius 1 is 1.15 bits per heavy atom. The molecule has 4 rings (SSSR count). The Bertz CT molecular complexity index is 1580. The monoisotopic (exact) mass is 580 g/mol. The van der Waals surface area contributed by atoms with Crippen molar-refractivity contribution in [2.75, 3.05) is 13.2 Å². The fraction of sp³-hybridized carbons (Fsp3) is 0.370. The minimum absolute atomic E-state index is 0.0391. The average Bonchev–Trinajstić information content (AvgIpc) is 3.12. The number of aromatic nitrogens is 4. The van der Waals surface area contributed by atoms with Crippen molar-refractivity contribution in [1.82, 2.24) is 18.7 Å². The van der Waals surface area contributed by atoms with Crippen LogP contribution in [0.25, 0.3) is 11.2 Å². The van der Waals surface area contributed by atoms with E-state index in [1.54, 1.807) is 16.7 Å². The molecule has 0 amide bonds. The number of aliphatic hydroxyl groups excluding tert-OH is 1. The molecular weight excluding hydrogens is 553 g/mol. The molecule has 0 bridgehead atoms. The first-order valence-electron chi connectivity index (χ1n) is 12.6. The summed E-state index contributed by atoms with van der Waals surface area (Å²) in [4.78, 5) is 30.8. The second kappa shape index (κ2) is 12.6. The van der Waals surface area contributed by atoms with Crippen LogP contribution < -0.4 is 20.7 Å². The maximum Gasteiger partial charge on any atom is 0.573 e. The van der Waals surface area contributed by atoms with E-state index >= 15 is 0 Å². The van der Waals surface area contributed by atoms with Crippen LogP contribution in [0.4, 0.5) is 13.2 Å². The van der Waals surface area contributed by atoms with Gasteiger partial charge in [-0.15, -0.1) is 13.2 Å². The van der Waals surface area contributed by atoms with Gasteiger partial charge in [-0.1, -0.05) is 42.0 Å². The third-order valence-corrected chi connectivity index (χ3v) is 6.45. The van der Waals surface area contributed by atoms with E-state index in [2.05, 4.69) is 9.72 Å². The summed E-state index contributed by atoms with van der Waals surface area (Å²) >= 11 is 6.15. The largest absolute Gasteiger partial charge is 0.573 e. The zero-order chi connectivity index (χ0) is 28.9. The number of halogens is 4. The van der Waals surface area contributed by atoms with Gasteiger partial charge in [0, 0.05) is 31.7 Å².